The highest BCUT2D eigenvalue weighted by Gasteiger charge is 2.15. The molecule has 0 aromatic heterocycles. The van der Waals surface area contributed by atoms with Crippen molar-refractivity contribution in [2.24, 2.45) is 0 Å². The Kier molecular flexibility index (Phi) is 12.7. The Balaban J connectivity index is 4.08. The maximum atomic E-state index is 11.7. The van der Waals surface area contributed by atoms with Gasteiger partial charge in [0.2, 0.25) is 0 Å². The Hall–Kier alpha value is -0.613. The number of esters is 1. The van der Waals surface area contributed by atoms with Gasteiger partial charge < -0.3 is 9.16 Å². The second-order valence-electron chi connectivity index (χ2n) is 5.75. The third kappa shape index (κ3) is 10.7. The molecule has 21 heavy (non-hydrogen) atoms. The van der Waals surface area contributed by atoms with E-state index in [0.717, 1.165) is 38.1 Å². The Morgan fingerprint density at radius 3 is 2.29 bits per heavy atom. The summed E-state index contributed by atoms with van der Waals surface area (Å²) in [6, 6.07) is 1.08. The summed E-state index contributed by atoms with van der Waals surface area (Å²) >= 11 is 0. The van der Waals surface area contributed by atoms with E-state index in [1.807, 2.05) is 0 Å². The molecule has 0 aromatic rings. The van der Waals surface area contributed by atoms with Gasteiger partial charge in [0.1, 0.15) is 6.10 Å². The Morgan fingerprint density at radius 2 is 1.76 bits per heavy atom. The number of hydrogen-bond acceptors (Lipinski definition) is 3. The molecule has 0 fully saturated rings. The molecule has 4 heteroatoms. The van der Waals surface area contributed by atoms with E-state index in [1.165, 1.54) is 12.8 Å². The average molecular weight is 315 g/mol. The fourth-order valence-electron chi connectivity index (χ4n) is 2.22. The van der Waals surface area contributed by atoms with Crippen LogP contribution >= 0.6 is 0 Å². The molecular formula is C17H34O3Si. The molecule has 1 unspecified atom stereocenters. The standard InChI is InChI=1S/C17H34O3Si/c1-6-9-10-11-16(19-17(18)14(4)5)12-13-21-20-15(7-2)8-3/h15-16H,4,6-13,21H2,1-3,5H3. The molecule has 124 valence electrons. The average Bonchev–Trinajstić information content (AvgIpc) is 2.47. The van der Waals surface area contributed by atoms with Crippen LogP contribution < -0.4 is 0 Å². The van der Waals surface area contributed by atoms with Gasteiger partial charge in [-0.2, -0.15) is 0 Å². The van der Waals surface area contributed by atoms with Gasteiger partial charge in [-0.15, -0.1) is 0 Å². The number of ether oxygens (including phenoxy) is 1. The molecule has 1 atom stereocenters. The zero-order valence-electron chi connectivity index (χ0n) is 14.5. The Labute approximate surface area is 133 Å². The highest BCUT2D eigenvalue weighted by molar-refractivity contribution is 6.27. The lowest BCUT2D eigenvalue weighted by Crippen LogP contribution is -2.20. The molecule has 0 aromatic carbocycles. The molecule has 0 spiro atoms. The highest BCUT2D eigenvalue weighted by Crippen LogP contribution is 2.15. The van der Waals surface area contributed by atoms with E-state index in [4.69, 9.17) is 9.16 Å². The van der Waals surface area contributed by atoms with Crippen LogP contribution in [-0.2, 0) is 14.0 Å². The Morgan fingerprint density at radius 1 is 1.10 bits per heavy atom. The first-order valence-electron chi connectivity index (χ1n) is 8.53. The first kappa shape index (κ1) is 20.4. The first-order valence-corrected chi connectivity index (χ1v) is 10.1. The second-order valence-corrected chi connectivity index (χ2v) is 7.20. The minimum absolute atomic E-state index is 0.0403. The molecule has 3 nitrogen and oxygen atoms in total. The smallest absolute Gasteiger partial charge is 0.333 e. The number of rotatable bonds is 13. The van der Waals surface area contributed by atoms with E-state index >= 15 is 0 Å². The summed E-state index contributed by atoms with van der Waals surface area (Å²) in [5, 5.41) is 0. The maximum absolute atomic E-state index is 11.7. The normalized spacial score (nSPS) is 13.0. The predicted octanol–water partition coefficient (Wildman–Crippen LogP) is 4.15. The van der Waals surface area contributed by atoms with Crippen molar-refractivity contribution in [1.29, 1.82) is 0 Å². The lowest BCUT2D eigenvalue weighted by atomic mass is 10.1. The molecule has 0 rings (SSSR count). The minimum atomic E-state index is -0.496. The zero-order chi connectivity index (χ0) is 16.1. The van der Waals surface area contributed by atoms with Gasteiger partial charge in [-0.1, -0.05) is 40.2 Å². The van der Waals surface area contributed by atoms with Crippen LogP contribution in [0.1, 0.15) is 72.6 Å². The van der Waals surface area contributed by atoms with Crippen molar-refractivity contribution in [1.82, 2.24) is 0 Å². The molecule has 0 aliphatic rings. The van der Waals surface area contributed by atoms with Gasteiger partial charge in [0.05, 0.1) is 0 Å². The van der Waals surface area contributed by atoms with E-state index < -0.39 is 9.76 Å². The van der Waals surface area contributed by atoms with Crippen molar-refractivity contribution < 1.29 is 14.0 Å². The van der Waals surface area contributed by atoms with Gasteiger partial charge >= 0.3 is 5.97 Å². The van der Waals surface area contributed by atoms with Crippen LogP contribution in [0.2, 0.25) is 6.04 Å². The topological polar surface area (TPSA) is 35.5 Å². The molecule has 0 saturated carbocycles. The minimum Gasteiger partial charge on any atom is -0.459 e. The molecule has 0 bridgehead atoms. The van der Waals surface area contributed by atoms with Crippen LogP contribution in [0.25, 0.3) is 0 Å². The quantitative estimate of drug-likeness (QED) is 0.222. The van der Waals surface area contributed by atoms with Crippen LogP contribution in [0.15, 0.2) is 12.2 Å². The second kappa shape index (κ2) is 13.1. The summed E-state index contributed by atoms with van der Waals surface area (Å²) < 4.78 is 11.5. The first-order chi connectivity index (χ1) is 10.0. The summed E-state index contributed by atoms with van der Waals surface area (Å²) in [7, 11) is -0.496. The van der Waals surface area contributed by atoms with Crippen LogP contribution in [-0.4, -0.2) is 27.9 Å². The number of carbonyl (C=O) groups excluding carboxylic acids is 1. The molecule has 0 amide bonds. The van der Waals surface area contributed by atoms with Crippen molar-refractivity contribution >= 4 is 15.7 Å². The van der Waals surface area contributed by atoms with Gasteiger partial charge in [-0.25, -0.2) is 4.79 Å². The van der Waals surface area contributed by atoms with E-state index in [0.29, 0.717) is 11.7 Å². The third-order valence-corrected chi connectivity index (χ3v) is 5.09. The molecule has 0 radical (unpaired) electrons. The van der Waals surface area contributed by atoms with E-state index in [9.17, 15) is 4.79 Å². The number of carbonyl (C=O) groups is 1. The lowest BCUT2D eigenvalue weighted by molar-refractivity contribution is -0.144. The highest BCUT2D eigenvalue weighted by atomic mass is 28.2. The SMILES string of the molecule is C=C(C)C(=O)OC(CCCCC)CC[SiH2]OC(CC)CC. The monoisotopic (exact) mass is 314 g/mol. The van der Waals surface area contributed by atoms with Crippen molar-refractivity contribution in [3.63, 3.8) is 0 Å². The van der Waals surface area contributed by atoms with Gasteiger partial charge in [-0.05, 0) is 45.1 Å². The largest absolute Gasteiger partial charge is 0.459 e. The molecule has 0 heterocycles. The molecule has 0 saturated heterocycles. The molecule has 0 N–H and O–H groups in total. The Bertz CT molecular complexity index is 288. The van der Waals surface area contributed by atoms with Gasteiger partial charge in [0.15, 0.2) is 9.76 Å². The summed E-state index contributed by atoms with van der Waals surface area (Å²) in [6.45, 7) is 11.9. The summed E-state index contributed by atoms with van der Waals surface area (Å²) in [5.41, 5.74) is 0.487. The van der Waals surface area contributed by atoms with Crippen LogP contribution in [0, 0.1) is 0 Å². The zero-order valence-corrected chi connectivity index (χ0v) is 15.9. The third-order valence-electron chi connectivity index (χ3n) is 3.69. The summed E-state index contributed by atoms with van der Waals surface area (Å²) in [5.74, 6) is -0.251. The van der Waals surface area contributed by atoms with Crippen LogP contribution in [0.4, 0.5) is 0 Å². The summed E-state index contributed by atoms with van der Waals surface area (Å²) in [4.78, 5) is 11.7. The van der Waals surface area contributed by atoms with Crippen LogP contribution in [0.3, 0.4) is 0 Å². The maximum Gasteiger partial charge on any atom is 0.333 e. The van der Waals surface area contributed by atoms with E-state index in [2.05, 4.69) is 27.4 Å². The van der Waals surface area contributed by atoms with E-state index in [1.54, 1.807) is 6.92 Å². The summed E-state index contributed by atoms with van der Waals surface area (Å²) in [6.07, 6.45) is 8.06. The number of unbranched alkanes of at least 4 members (excludes halogenated alkanes) is 2. The van der Waals surface area contributed by atoms with Crippen molar-refractivity contribution in [3.8, 4) is 0 Å². The van der Waals surface area contributed by atoms with Gasteiger partial charge in [0, 0.05) is 11.7 Å². The fourth-order valence-corrected chi connectivity index (χ4v) is 3.81. The fraction of sp³-hybridized carbons (Fsp3) is 0.824. The number of hydrogen-bond donors (Lipinski definition) is 0. The van der Waals surface area contributed by atoms with Crippen molar-refractivity contribution in [2.75, 3.05) is 0 Å². The molecule has 0 aliphatic heterocycles. The predicted molar refractivity (Wildman–Crippen MR) is 92.3 cm³/mol. The molecular weight excluding hydrogens is 280 g/mol. The van der Waals surface area contributed by atoms with Gasteiger partial charge in [-0.3, -0.25) is 0 Å². The van der Waals surface area contributed by atoms with Crippen LogP contribution in [0.5, 0.6) is 0 Å². The van der Waals surface area contributed by atoms with Crippen molar-refractivity contribution in [3.05, 3.63) is 12.2 Å². The van der Waals surface area contributed by atoms with E-state index in [-0.39, 0.29) is 12.1 Å². The van der Waals surface area contributed by atoms with Gasteiger partial charge in [0.25, 0.3) is 0 Å². The van der Waals surface area contributed by atoms with Crippen molar-refractivity contribution in [2.45, 2.75) is 90.9 Å². The molecule has 0 aliphatic carbocycles. The lowest BCUT2D eigenvalue weighted by Gasteiger charge is -2.19.